The highest BCUT2D eigenvalue weighted by Crippen LogP contribution is 2.26. The lowest BCUT2D eigenvalue weighted by atomic mass is 10.1. The summed E-state index contributed by atoms with van der Waals surface area (Å²) in [6.45, 7) is -0.280. The Hall–Kier alpha value is -2.45. The van der Waals surface area contributed by atoms with E-state index < -0.39 is 24.2 Å². The van der Waals surface area contributed by atoms with Crippen molar-refractivity contribution in [2.45, 2.75) is 25.2 Å². The fourth-order valence-corrected chi connectivity index (χ4v) is 2.63. The van der Waals surface area contributed by atoms with Crippen LogP contribution in [-0.4, -0.2) is 59.3 Å². The molecule has 0 aliphatic carbocycles. The molecule has 1 aromatic rings. The average Bonchev–Trinajstić information content (AvgIpc) is 3.01. The molecule has 2 rings (SSSR count). The number of alkyl halides is 3. The summed E-state index contributed by atoms with van der Waals surface area (Å²) >= 11 is 0. The summed E-state index contributed by atoms with van der Waals surface area (Å²) in [5.74, 6) is -1.42. The van der Waals surface area contributed by atoms with Gasteiger partial charge >= 0.3 is 18.2 Å². The fourth-order valence-electron chi connectivity index (χ4n) is 2.63. The second kappa shape index (κ2) is 6.98. The van der Waals surface area contributed by atoms with Crippen LogP contribution in [0.3, 0.4) is 0 Å². The lowest BCUT2D eigenvalue weighted by Crippen LogP contribution is -2.47. The molecule has 6 nitrogen and oxygen atoms in total. The smallest absolute Gasteiger partial charge is 0.471 e. The average molecular weight is 346 g/mol. The Balaban J connectivity index is 2.19. The van der Waals surface area contributed by atoms with E-state index in [9.17, 15) is 22.8 Å². The van der Waals surface area contributed by atoms with Crippen LogP contribution in [0.5, 0.6) is 5.75 Å². The molecule has 1 N–H and O–H groups in total. The quantitative estimate of drug-likeness (QED) is 0.908. The predicted octanol–water partition coefficient (Wildman–Crippen LogP) is 2.34. The maximum absolute atomic E-state index is 12.9. The van der Waals surface area contributed by atoms with Crippen molar-refractivity contribution in [2.24, 2.45) is 0 Å². The van der Waals surface area contributed by atoms with Gasteiger partial charge < -0.3 is 19.6 Å². The molecule has 1 aliphatic rings. The lowest BCUT2D eigenvalue weighted by Gasteiger charge is -2.29. The SMILES string of the molecule is COc1ccc(CN(C(=O)C(F)(F)F)C2CCN(C(=O)O)C2)cc1. The number of amides is 2. The van der Waals surface area contributed by atoms with E-state index >= 15 is 0 Å². The Morgan fingerprint density at radius 3 is 2.42 bits per heavy atom. The van der Waals surface area contributed by atoms with E-state index in [0.717, 1.165) is 4.90 Å². The molecule has 24 heavy (non-hydrogen) atoms. The van der Waals surface area contributed by atoms with Crippen LogP contribution < -0.4 is 4.74 Å². The molecule has 9 heteroatoms. The zero-order valence-corrected chi connectivity index (χ0v) is 12.9. The van der Waals surface area contributed by atoms with E-state index in [1.807, 2.05) is 0 Å². The van der Waals surface area contributed by atoms with Crippen LogP contribution in [-0.2, 0) is 11.3 Å². The van der Waals surface area contributed by atoms with Crippen molar-refractivity contribution in [3.05, 3.63) is 29.8 Å². The minimum atomic E-state index is -5.01. The molecular formula is C15H17F3N2O4. The van der Waals surface area contributed by atoms with Gasteiger partial charge in [0.25, 0.3) is 0 Å². The first kappa shape index (κ1) is 17.9. The van der Waals surface area contributed by atoms with Crippen molar-refractivity contribution in [3.63, 3.8) is 0 Å². The number of carboxylic acid groups (broad SMARTS) is 1. The van der Waals surface area contributed by atoms with Crippen molar-refractivity contribution < 1.29 is 32.6 Å². The summed E-state index contributed by atoms with van der Waals surface area (Å²) < 4.78 is 43.6. The van der Waals surface area contributed by atoms with E-state index in [2.05, 4.69) is 0 Å². The van der Waals surface area contributed by atoms with Gasteiger partial charge in [-0.3, -0.25) is 4.79 Å². The van der Waals surface area contributed by atoms with Crippen molar-refractivity contribution >= 4 is 12.0 Å². The minimum absolute atomic E-state index is 0.101. The number of nitrogens with zero attached hydrogens (tertiary/aromatic N) is 2. The van der Waals surface area contributed by atoms with Crippen LogP contribution >= 0.6 is 0 Å². The molecule has 1 saturated heterocycles. The van der Waals surface area contributed by atoms with Gasteiger partial charge in [-0.25, -0.2) is 4.79 Å². The van der Waals surface area contributed by atoms with E-state index in [0.29, 0.717) is 16.2 Å². The number of carbonyl (C=O) groups is 2. The number of hydrogen-bond donors (Lipinski definition) is 1. The minimum Gasteiger partial charge on any atom is -0.497 e. The Labute approximate surface area is 136 Å². The summed E-state index contributed by atoms with van der Waals surface area (Å²) in [7, 11) is 1.47. The van der Waals surface area contributed by atoms with Gasteiger partial charge in [-0.05, 0) is 24.1 Å². The van der Waals surface area contributed by atoms with E-state index in [4.69, 9.17) is 9.84 Å². The summed E-state index contributed by atoms with van der Waals surface area (Å²) in [5, 5.41) is 8.95. The number of rotatable bonds is 4. The number of carbonyl (C=O) groups excluding carboxylic acids is 1. The van der Waals surface area contributed by atoms with Crippen molar-refractivity contribution in [2.75, 3.05) is 20.2 Å². The highest BCUT2D eigenvalue weighted by molar-refractivity contribution is 5.82. The van der Waals surface area contributed by atoms with E-state index in [-0.39, 0.29) is 26.1 Å². The summed E-state index contributed by atoms with van der Waals surface area (Å²) in [5.41, 5.74) is 0.502. The number of likely N-dealkylation sites (tertiary alicyclic amines) is 1. The molecule has 0 spiro atoms. The third kappa shape index (κ3) is 4.09. The van der Waals surface area contributed by atoms with Gasteiger partial charge in [0.2, 0.25) is 0 Å². The Morgan fingerprint density at radius 1 is 1.33 bits per heavy atom. The van der Waals surface area contributed by atoms with Gasteiger partial charge in [-0.2, -0.15) is 13.2 Å². The highest BCUT2D eigenvalue weighted by Gasteiger charge is 2.46. The van der Waals surface area contributed by atoms with Crippen molar-refractivity contribution in [1.82, 2.24) is 9.80 Å². The number of benzene rings is 1. The molecule has 0 radical (unpaired) electrons. The van der Waals surface area contributed by atoms with Gasteiger partial charge in [0.1, 0.15) is 5.75 Å². The molecule has 0 bridgehead atoms. The van der Waals surface area contributed by atoms with E-state index in [1.54, 1.807) is 24.3 Å². The number of ether oxygens (including phenoxy) is 1. The summed E-state index contributed by atoms with van der Waals surface area (Å²) in [6, 6.07) is 5.50. The number of hydrogen-bond acceptors (Lipinski definition) is 3. The molecule has 0 saturated carbocycles. The fraction of sp³-hybridized carbons (Fsp3) is 0.467. The highest BCUT2D eigenvalue weighted by atomic mass is 19.4. The van der Waals surface area contributed by atoms with Crippen LogP contribution in [0.2, 0.25) is 0 Å². The van der Waals surface area contributed by atoms with E-state index in [1.165, 1.54) is 7.11 Å². The van der Waals surface area contributed by atoms with Crippen molar-refractivity contribution in [3.8, 4) is 5.75 Å². The molecule has 1 aliphatic heterocycles. The molecule has 132 valence electrons. The first-order valence-corrected chi connectivity index (χ1v) is 7.21. The molecule has 1 atom stereocenters. The standard InChI is InChI=1S/C15H17F3N2O4/c1-24-12-4-2-10(3-5-12)8-20(13(21)15(16,17)18)11-6-7-19(9-11)14(22)23/h2-5,11H,6-9H2,1H3,(H,22,23). The monoisotopic (exact) mass is 346 g/mol. The topological polar surface area (TPSA) is 70.1 Å². The normalized spacial score (nSPS) is 17.7. The molecule has 2 amide bonds. The van der Waals surface area contributed by atoms with Gasteiger partial charge in [-0.1, -0.05) is 12.1 Å². The van der Waals surface area contributed by atoms with Crippen LogP contribution in [0, 0.1) is 0 Å². The lowest BCUT2D eigenvalue weighted by molar-refractivity contribution is -0.188. The largest absolute Gasteiger partial charge is 0.497 e. The van der Waals surface area contributed by atoms with Gasteiger partial charge in [0.15, 0.2) is 0 Å². The summed E-state index contributed by atoms with van der Waals surface area (Å²) in [6.07, 6.45) is -6.05. The Morgan fingerprint density at radius 2 is 1.96 bits per heavy atom. The third-order valence-corrected chi connectivity index (χ3v) is 3.89. The molecule has 1 aromatic carbocycles. The first-order valence-electron chi connectivity index (χ1n) is 7.21. The number of halogens is 3. The Kier molecular flexibility index (Phi) is 5.20. The maximum atomic E-state index is 12.9. The van der Waals surface area contributed by atoms with Crippen molar-refractivity contribution in [1.29, 1.82) is 0 Å². The molecule has 1 unspecified atom stereocenters. The molecule has 0 aromatic heterocycles. The zero-order chi connectivity index (χ0) is 17.9. The number of methoxy groups -OCH3 is 1. The van der Waals surface area contributed by atoms with Gasteiger partial charge in [-0.15, -0.1) is 0 Å². The molecule has 1 heterocycles. The van der Waals surface area contributed by atoms with Gasteiger partial charge in [0.05, 0.1) is 13.2 Å². The third-order valence-electron chi connectivity index (χ3n) is 3.89. The second-order valence-corrected chi connectivity index (χ2v) is 5.45. The van der Waals surface area contributed by atoms with Crippen LogP contribution in [0.15, 0.2) is 24.3 Å². The maximum Gasteiger partial charge on any atom is 0.471 e. The molecular weight excluding hydrogens is 329 g/mol. The van der Waals surface area contributed by atoms with Crippen LogP contribution in [0.4, 0.5) is 18.0 Å². The van der Waals surface area contributed by atoms with Gasteiger partial charge in [0, 0.05) is 19.6 Å². The predicted molar refractivity (Wildman–Crippen MR) is 77.6 cm³/mol. The van der Waals surface area contributed by atoms with Crippen LogP contribution in [0.1, 0.15) is 12.0 Å². The summed E-state index contributed by atoms with van der Waals surface area (Å²) in [4.78, 5) is 24.4. The molecule has 1 fully saturated rings. The van der Waals surface area contributed by atoms with Crippen LogP contribution in [0.25, 0.3) is 0 Å². The zero-order valence-electron chi connectivity index (χ0n) is 12.9. The first-order chi connectivity index (χ1) is 11.2. The Bertz CT molecular complexity index is 604. The second-order valence-electron chi connectivity index (χ2n) is 5.45.